The molecule has 9 heteroatoms. The van der Waals surface area contributed by atoms with Gasteiger partial charge in [0, 0.05) is 23.8 Å². The molecule has 4 aromatic rings. The van der Waals surface area contributed by atoms with E-state index >= 15 is 0 Å². The third kappa shape index (κ3) is 3.88. The van der Waals surface area contributed by atoms with Crippen LogP contribution in [-0.4, -0.2) is 19.8 Å². The van der Waals surface area contributed by atoms with Gasteiger partial charge in [0.1, 0.15) is 11.8 Å². The normalized spacial score (nSPS) is 18.2. The van der Waals surface area contributed by atoms with Crippen LogP contribution in [0.4, 0.5) is 18.9 Å². The molecular formula is C25H19F3N4OS. The van der Waals surface area contributed by atoms with Gasteiger partial charge < -0.3 is 19.9 Å². The van der Waals surface area contributed by atoms with E-state index in [1.54, 1.807) is 64.3 Å². The van der Waals surface area contributed by atoms with Crippen LogP contribution in [0.5, 0.6) is 5.75 Å². The Hall–Kier alpha value is -3.85. The van der Waals surface area contributed by atoms with Gasteiger partial charge >= 0.3 is 6.18 Å². The minimum Gasteiger partial charge on any atom is -0.506 e. The highest BCUT2D eigenvalue weighted by Gasteiger charge is 2.43. The summed E-state index contributed by atoms with van der Waals surface area (Å²) < 4.78 is 41.9. The van der Waals surface area contributed by atoms with Crippen molar-refractivity contribution >= 4 is 23.0 Å². The summed E-state index contributed by atoms with van der Waals surface area (Å²) in [6, 6.07) is 20.2. The quantitative estimate of drug-likeness (QED) is 0.363. The van der Waals surface area contributed by atoms with Crippen LogP contribution in [0.15, 0.2) is 91.3 Å². The molecule has 2 atom stereocenters. The number of aromatic nitrogens is 2. The molecule has 0 radical (unpaired) electrons. The van der Waals surface area contributed by atoms with Gasteiger partial charge in [-0.2, -0.15) is 13.2 Å². The van der Waals surface area contributed by atoms with Crippen LogP contribution in [0.25, 0.3) is 5.69 Å². The Morgan fingerprint density at radius 2 is 1.74 bits per heavy atom. The molecule has 5 rings (SSSR count). The van der Waals surface area contributed by atoms with E-state index in [1.807, 2.05) is 18.2 Å². The fraction of sp³-hybridized carbons (Fsp3) is 0.120. The summed E-state index contributed by atoms with van der Waals surface area (Å²) in [6.45, 7) is 0. The second-order valence-electron chi connectivity index (χ2n) is 7.84. The molecule has 1 aliphatic rings. The van der Waals surface area contributed by atoms with Crippen molar-refractivity contribution in [2.45, 2.75) is 18.3 Å². The standard InChI is InChI=1S/C25H19F3N4OS/c26-25(27,28)16-7-5-8-17(15-16)31-14-6-11-20(31)23-22(18-9-3-4-13-29-18)30-24(34)32(23)19-10-1-2-12-21(19)33/h1-15,22-23,33H,(H,30,34)/t22-,23-/m0/s1. The number of phenolic OH excluding ortho intramolecular Hbond substituents is 1. The van der Waals surface area contributed by atoms with E-state index in [2.05, 4.69) is 10.3 Å². The van der Waals surface area contributed by atoms with Crippen molar-refractivity contribution in [3.8, 4) is 11.4 Å². The summed E-state index contributed by atoms with van der Waals surface area (Å²) in [5.74, 6) is 0.0375. The Morgan fingerprint density at radius 1 is 0.941 bits per heavy atom. The van der Waals surface area contributed by atoms with Gasteiger partial charge in [-0.15, -0.1) is 0 Å². The zero-order valence-electron chi connectivity index (χ0n) is 17.6. The van der Waals surface area contributed by atoms with Crippen molar-refractivity contribution < 1.29 is 18.3 Å². The molecule has 0 bridgehead atoms. The first-order chi connectivity index (χ1) is 16.3. The zero-order valence-corrected chi connectivity index (χ0v) is 18.5. The predicted octanol–water partition coefficient (Wildman–Crippen LogP) is 5.77. The SMILES string of the molecule is Oc1ccccc1N1C(=S)N[C@@H](c2ccccn2)[C@@H]1c1cccn1-c1cccc(C(F)(F)F)c1. The number of hydrogen-bond donors (Lipinski definition) is 2. The predicted molar refractivity (Wildman–Crippen MR) is 127 cm³/mol. The molecule has 2 aromatic heterocycles. The first-order valence-corrected chi connectivity index (χ1v) is 10.9. The Kier molecular flexibility index (Phi) is 5.49. The fourth-order valence-corrected chi connectivity index (χ4v) is 4.62. The molecule has 172 valence electrons. The molecule has 0 unspecified atom stereocenters. The van der Waals surface area contributed by atoms with E-state index in [9.17, 15) is 18.3 Å². The van der Waals surface area contributed by atoms with Crippen LogP contribution in [0.3, 0.4) is 0 Å². The number of rotatable bonds is 4. The summed E-state index contributed by atoms with van der Waals surface area (Å²) >= 11 is 5.66. The van der Waals surface area contributed by atoms with E-state index in [0.717, 1.165) is 12.1 Å². The fourth-order valence-electron chi connectivity index (χ4n) is 4.29. The summed E-state index contributed by atoms with van der Waals surface area (Å²) in [6.07, 6.45) is -1.07. The maximum atomic E-state index is 13.4. The number of nitrogens with one attached hydrogen (secondary N) is 1. The van der Waals surface area contributed by atoms with Crippen molar-refractivity contribution in [2.75, 3.05) is 4.90 Å². The van der Waals surface area contributed by atoms with Crippen LogP contribution in [-0.2, 0) is 6.18 Å². The first kappa shape index (κ1) is 22.0. The number of anilines is 1. The van der Waals surface area contributed by atoms with Crippen LogP contribution < -0.4 is 10.2 Å². The highest BCUT2D eigenvalue weighted by atomic mass is 32.1. The Balaban J connectivity index is 1.68. The van der Waals surface area contributed by atoms with E-state index in [0.29, 0.717) is 27.9 Å². The molecule has 2 N–H and O–H groups in total. The van der Waals surface area contributed by atoms with Gasteiger partial charge in [-0.3, -0.25) is 4.98 Å². The number of benzene rings is 2. The van der Waals surface area contributed by atoms with Crippen molar-refractivity contribution in [2.24, 2.45) is 0 Å². The largest absolute Gasteiger partial charge is 0.506 e. The van der Waals surface area contributed by atoms with Gasteiger partial charge in [0.25, 0.3) is 0 Å². The maximum Gasteiger partial charge on any atom is 0.416 e. The lowest BCUT2D eigenvalue weighted by Gasteiger charge is -2.29. The van der Waals surface area contributed by atoms with Crippen molar-refractivity contribution in [1.29, 1.82) is 0 Å². The molecule has 5 nitrogen and oxygen atoms in total. The van der Waals surface area contributed by atoms with Gasteiger partial charge in [0.15, 0.2) is 5.11 Å². The molecule has 0 amide bonds. The van der Waals surface area contributed by atoms with Gasteiger partial charge in [0.05, 0.1) is 23.0 Å². The number of aromatic hydroxyl groups is 1. The number of pyridine rings is 1. The van der Waals surface area contributed by atoms with E-state index in [-0.39, 0.29) is 5.75 Å². The third-order valence-corrected chi connectivity index (χ3v) is 6.09. The lowest BCUT2D eigenvalue weighted by molar-refractivity contribution is -0.137. The monoisotopic (exact) mass is 480 g/mol. The molecule has 34 heavy (non-hydrogen) atoms. The maximum absolute atomic E-state index is 13.4. The van der Waals surface area contributed by atoms with E-state index in [1.165, 1.54) is 6.07 Å². The van der Waals surface area contributed by atoms with Crippen LogP contribution in [0.1, 0.15) is 29.0 Å². The molecule has 0 aliphatic carbocycles. The third-order valence-electron chi connectivity index (χ3n) is 5.77. The Labute approximate surface area is 199 Å². The van der Waals surface area contributed by atoms with Gasteiger partial charge in [-0.1, -0.05) is 24.3 Å². The number of nitrogens with zero attached hydrogens (tertiary/aromatic N) is 3. The lowest BCUT2D eigenvalue weighted by Crippen LogP contribution is -2.30. The molecule has 1 fully saturated rings. The van der Waals surface area contributed by atoms with Crippen LogP contribution >= 0.6 is 12.2 Å². The summed E-state index contributed by atoms with van der Waals surface area (Å²) in [4.78, 5) is 6.27. The Morgan fingerprint density at radius 3 is 2.47 bits per heavy atom. The number of para-hydroxylation sites is 2. The summed E-state index contributed by atoms with van der Waals surface area (Å²) in [5, 5.41) is 14.3. The molecular weight excluding hydrogens is 461 g/mol. The average molecular weight is 481 g/mol. The van der Waals surface area contributed by atoms with Crippen molar-refractivity contribution in [1.82, 2.24) is 14.9 Å². The number of halogens is 3. The van der Waals surface area contributed by atoms with Gasteiger partial charge in [-0.25, -0.2) is 0 Å². The molecule has 0 spiro atoms. The Bertz CT molecular complexity index is 1340. The van der Waals surface area contributed by atoms with Crippen LogP contribution in [0, 0.1) is 0 Å². The summed E-state index contributed by atoms with van der Waals surface area (Å²) in [7, 11) is 0. The first-order valence-electron chi connectivity index (χ1n) is 10.5. The topological polar surface area (TPSA) is 53.3 Å². The minimum atomic E-state index is -4.46. The second kappa shape index (κ2) is 8.49. The second-order valence-corrected chi connectivity index (χ2v) is 8.22. The number of thiocarbonyl (C=S) groups is 1. The lowest BCUT2D eigenvalue weighted by atomic mass is 10.0. The molecule has 2 aromatic carbocycles. The van der Waals surface area contributed by atoms with Crippen molar-refractivity contribution in [3.63, 3.8) is 0 Å². The van der Waals surface area contributed by atoms with E-state index < -0.39 is 23.8 Å². The number of alkyl halides is 3. The highest BCUT2D eigenvalue weighted by Crippen LogP contribution is 2.44. The minimum absolute atomic E-state index is 0.0375. The molecule has 1 aliphatic heterocycles. The van der Waals surface area contributed by atoms with Gasteiger partial charge in [-0.05, 0) is 66.8 Å². The summed E-state index contributed by atoms with van der Waals surface area (Å²) in [5.41, 5.74) is 1.52. The highest BCUT2D eigenvalue weighted by molar-refractivity contribution is 7.80. The molecule has 0 saturated carbocycles. The smallest absolute Gasteiger partial charge is 0.416 e. The van der Waals surface area contributed by atoms with Crippen molar-refractivity contribution in [3.05, 3.63) is 108 Å². The average Bonchev–Trinajstić information content (AvgIpc) is 3.44. The zero-order chi connectivity index (χ0) is 23.9. The molecule has 3 heterocycles. The van der Waals surface area contributed by atoms with Gasteiger partial charge in [0.2, 0.25) is 0 Å². The van der Waals surface area contributed by atoms with E-state index in [4.69, 9.17) is 12.2 Å². The van der Waals surface area contributed by atoms with Crippen LogP contribution in [0.2, 0.25) is 0 Å². The molecule has 1 saturated heterocycles. The number of hydrogen-bond acceptors (Lipinski definition) is 3. The number of phenols is 1.